The zero-order chi connectivity index (χ0) is 42.0. The highest BCUT2D eigenvalue weighted by molar-refractivity contribution is 6.23. The van der Waals surface area contributed by atoms with Crippen LogP contribution in [0.15, 0.2) is 223 Å². The van der Waals surface area contributed by atoms with E-state index in [1.54, 1.807) is 0 Å². The number of hydrogen-bond acceptors (Lipinski definition) is 3. The van der Waals surface area contributed by atoms with Gasteiger partial charge in [-0.2, -0.15) is 0 Å². The summed E-state index contributed by atoms with van der Waals surface area (Å²) in [7, 11) is 2.05. The van der Waals surface area contributed by atoms with Crippen LogP contribution in [0.5, 0.6) is 0 Å². The molecular formula is C56H42N6. The van der Waals surface area contributed by atoms with Crippen LogP contribution in [0.1, 0.15) is 11.1 Å². The molecule has 2 heterocycles. The molecule has 296 valence electrons. The van der Waals surface area contributed by atoms with Gasteiger partial charge in [0.2, 0.25) is 0 Å². The van der Waals surface area contributed by atoms with Crippen LogP contribution < -0.4 is 10.6 Å². The molecule has 0 aliphatic heterocycles. The summed E-state index contributed by atoms with van der Waals surface area (Å²) in [5, 5.41) is 11.7. The van der Waals surface area contributed by atoms with Crippen molar-refractivity contribution >= 4 is 44.9 Å². The zero-order valence-electron chi connectivity index (χ0n) is 34.2. The van der Waals surface area contributed by atoms with E-state index in [9.17, 15) is 5.41 Å². The third kappa shape index (κ3) is 6.99. The molecule has 0 bridgehead atoms. The van der Waals surface area contributed by atoms with Crippen molar-refractivity contribution in [3.05, 3.63) is 230 Å². The van der Waals surface area contributed by atoms with Gasteiger partial charge in [-0.15, -0.1) is 0 Å². The van der Waals surface area contributed by atoms with Crippen molar-refractivity contribution in [1.82, 2.24) is 9.55 Å². The van der Waals surface area contributed by atoms with Crippen LogP contribution >= 0.6 is 0 Å². The maximum absolute atomic E-state index is 9.56. The Hall–Kier alpha value is -8.35. The predicted octanol–water partition coefficient (Wildman–Crippen LogP) is 13.3. The second kappa shape index (κ2) is 16.4. The second-order valence-corrected chi connectivity index (χ2v) is 15.2. The predicted molar refractivity (Wildman–Crippen MR) is 259 cm³/mol. The molecule has 3 N–H and O–H groups in total. The number of amidine groups is 2. The molecule has 0 amide bonds. The molecular weight excluding hydrogens is 757 g/mol. The lowest BCUT2D eigenvalue weighted by atomic mass is 9.98. The molecule has 0 aliphatic rings. The lowest BCUT2D eigenvalue weighted by Gasteiger charge is -2.27. The fraction of sp³-hybridized carbons (Fsp3) is 0.0179. The highest BCUT2D eigenvalue weighted by Crippen LogP contribution is 2.46. The monoisotopic (exact) mass is 798 g/mol. The third-order valence-electron chi connectivity index (χ3n) is 11.4. The summed E-state index contributed by atoms with van der Waals surface area (Å²) in [5.41, 5.74) is 20.8. The molecule has 0 spiro atoms. The molecule has 0 atom stereocenters. The molecule has 2 aromatic heterocycles. The first-order valence-corrected chi connectivity index (χ1v) is 20.7. The van der Waals surface area contributed by atoms with Crippen molar-refractivity contribution < 1.29 is 0 Å². The van der Waals surface area contributed by atoms with Crippen molar-refractivity contribution in [3.8, 4) is 50.5 Å². The standard InChI is InChI=1S/C56H42N6/c1-61(56(40-23-9-4-10-24-40)60-55(58)42-26-17-25-41(37-42)38-19-5-2-6-20-38)53-45(43-27-11-14-30-48(43)57)35-36-46-44-28-12-15-33-51(44)62(54(46)53)52-34-16-13-29-47(52)50-32-18-31-49(59-50)39-21-7-3-8-22-39/h2-37,58H,57H2,1H3/b58-55?,60-56-. The molecule has 0 saturated carbocycles. The number of nitrogens with one attached hydrogen (secondary N) is 1. The average Bonchev–Trinajstić information content (AvgIpc) is 3.68. The maximum atomic E-state index is 9.56. The Bertz CT molecular complexity index is 3280. The number of aliphatic imine (C=N–C) groups is 1. The SMILES string of the molecule is CN(/C(=N\C(=N)c1cccc(-c2ccccc2)c1)c1ccccc1)c1c(-c2ccccc2N)ccc2c3ccccc3n(-c3ccccc3-c3cccc(-c4ccccc4)n3)c12. The Morgan fingerprint density at radius 2 is 1.11 bits per heavy atom. The summed E-state index contributed by atoms with van der Waals surface area (Å²) in [5.74, 6) is 0.767. The quantitative estimate of drug-likeness (QED) is 0.0912. The van der Waals surface area contributed by atoms with Gasteiger partial charge in [-0.05, 0) is 47.5 Å². The van der Waals surface area contributed by atoms with Crippen LogP contribution in [-0.2, 0) is 0 Å². The highest BCUT2D eigenvalue weighted by Gasteiger charge is 2.26. The normalized spacial score (nSPS) is 11.5. The molecule has 0 unspecified atom stereocenters. The van der Waals surface area contributed by atoms with Crippen LogP contribution in [0.4, 0.5) is 11.4 Å². The molecule has 62 heavy (non-hydrogen) atoms. The van der Waals surface area contributed by atoms with E-state index >= 15 is 0 Å². The number of rotatable bonds is 8. The Labute approximate surface area is 361 Å². The van der Waals surface area contributed by atoms with Gasteiger partial charge >= 0.3 is 0 Å². The third-order valence-corrected chi connectivity index (χ3v) is 11.4. The van der Waals surface area contributed by atoms with Gasteiger partial charge in [0.15, 0.2) is 5.84 Å². The number of para-hydroxylation sites is 3. The van der Waals surface area contributed by atoms with Gasteiger partial charge in [-0.25, -0.2) is 9.98 Å². The average molecular weight is 799 g/mol. The molecule has 10 rings (SSSR count). The minimum absolute atomic E-state index is 0.150. The Balaban J connectivity index is 1.24. The van der Waals surface area contributed by atoms with E-state index in [1.165, 1.54) is 0 Å². The van der Waals surface area contributed by atoms with Crippen LogP contribution in [-0.4, -0.2) is 28.3 Å². The minimum Gasteiger partial charge on any atom is -0.398 e. The first kappa shape index (κ1) is 37.9. The van der Waals surface area contributed by atoms with Gasteiger partial charge in [-0.3, -0.25) is 5.41 Å². The lowest BCUT2D eigenvalue weighted by Crippen LogP contribution is -2.29. The Kier molecular flexibility index (Phi) is 10.00. The number of hydrogen-bond donors (Lipinski definition) is 2. The van der Waals surface area contributed by atoms with Gasteiger partial charge < -0.3 is 15.2 Å². The van der Waals surface area contributed by atoms with E-state index < -0.39 is 0 Å². The highest BCUT2D eigenvalue weighted by atomic mass is 15.2. The van der Waals surface area contributed by atoms with Crippen molar-refractivity contribution in [2.45, 2.75) is 0 Å². The first-order valence-electron chi connectivity index (χ1n) is 20.7. The van der Waals surface area contributed by atoms with Gasteiger partial charge in [0.25, 0.3) is 0 Å². The number of pyridine rings is 1. The first-order chi connectivity index (χ1) is 30.5. The van der Waals surface area contributed by atoms with E-state index in [4.69, 9.17) is 15.7 Å². The van der Waals surface area contributed by atoms with Crippen molar-refractivity contribution in [2.24, 2.45) is 4.99 Å². The number of aromatic nitrogens is 2. The minimum atomic E-state index is 0.150. The van der Waals surface area contributed by atoms with Crippen LogP contribution in [0, 0.1) is 5.41 Å². The number of nitrogen functional groups attached to an aromatic ring is 1. The molecule has 6 heteroatoms. The Morgan fingerprint density at radius 1 is 0.516 bits per heavy atom. The topological polar surface area (TPSA) is 83.3 Å². The van der Waals surface area contributed by atoms with Gasteiger partial charge in [0, 0.05) is 56.9 Å². The summed E-state index contributed by atoms with van der Waals surface area (Å²) in [6, 6.07) is 74.4. The Morgan fingerprint density at radius 3 is 1.89 bits per heavy atom. The molecule has 6 nitrogen and oxygen atoms in total. The molecule has 10 aromatic rings. The summed E-state index contributed by atoms with van der Waals surface area (Å²) >= 11 is 0. The number of fused-ring (bicyclic) bond motifs is 3. The molecule has 8 aromatic carbocycles. The number of nitrogens with two attached hydrogens (primary N) is 1. The van der Waals surface area contributed by atoms with Gasteiger partial charge in [-0.1, -0.05) is 182 Å². The van der Waals surface area contributed by atoms with Crippen LogP contribution in [0.25, 0.3) is 72.3 Å². The lowest BCUT2D eigenvalue weighted by molar-refractivity contribution is 1.16. The molecule has 0 fully saturated rings. The smallest absolute Gasteiger partial charge is 0.154 e. The molecule has 0 radical (unpaired) electrons. The van der Waals surface area contributed by atoms with Crippen molar-refractivity contribution in [1.29, 1.82) is 5.41 Å². The van der Waals surface area contributed by atoms with E-state index in [-0.39, 0.29) is 5.84 Å². The number of anilines is 2. The molecule has 0 saturated heterocycles. The van der Waals surface area contributed by atoms with E-state index in [0.29, 0.717) is 17.1 Å². The summed E-state index contributed by atoms with van der Waals surface area (Å²) < 4.78 is 2.36. The van der Waals surface area contributed by atoms with E-state index in [1.807, 2.05) is 91.0 Å². The largest absolute Gasteiger partial charge is 0.398 e. The summed E-state index contributed by atoms with van der Waals surface area (Å²) in [6.07, 6.45) is 0. The number of nitrogens with zero attached hydrogens (tertiary/aromatic N) is 4. The summed E-state index contributed by atoms with van der Waals surface area (Å²) in [6.45, 7) is 0. The maximum Gasteiger partial charge on any atom is 0.154 e. The fourth-order valence-corrected chi connectivity index (χ4v) is 8.50. The van der Waals surface area contributed by atoms with Crippen molar-refractivity contribution in [2.75, 3.05) is 17.7 Å². The van der Waals surface area contributed by atoms with Crippen LogP contribution in [0.2, 0.25) is 0 Å². The second-order valence-electron chi connectivity index (χ2n) is 15.2. The van der Waals surface area contributed by atoms with Gasteiger partial charge in [0.05, 0.1) is 33.8 Å². The van der Waals surface area contributed by atoms with Crippen LogP contribution in [0.3, 0.4) is 0 Å². The van der Waals surface area contributed by atoms with Gasteiger partial charge in [0.1, 0.15) is 5.84 Å². The summed E-state index contributed by atoms with van der Waals surface area (Å²) in [4.78, 5) is 12.6. The van der Waals surface area contributed by atoms with E-state index in [2.05, 4.69) is 144 Å². The number of benzene rings is 8. The van der Waals surface area contributed by atoms with E-state index in [0.717, 1.165) is 83.5 Å². The fourth-order valence-electron chi connectivity index (χ4n) is 8.50. The van der Waals surface area contributed by atoms with Crippen molar-refractivity contribution in [3.63, 3.8) is 0 Å². The molecule has 0 aliphatic carbocycles. The zero-order valence-corrected chi connectivity index (χ0v) is 34.2.